The molecule has 0 spiro atoms. The van der Waals surface area contributed by atoms with Gasteiger partial charge < -0.3 is 10.6 Å². The zero-order chi connectivity index (χ0) is 12.6. The van der Waals surface area contributed by atoms with Gasteiger partial charge in [0, 0.05) is 13.1 Å². The minimum absolute atomic E-state index is 0.122. The van der Waals surface area contributed by atoms with Crippen molar-refractivity contribution in [2.75, 3.05) is 13.1 Å². The lowest BCUT2D eigenvalue weighted by Gasteiger charge is -2.27. The van der Waals surface area contributed by atoms with Crippen LogP contribution >= 0.6 is 0 Å². The van der Waals surface area contributed by atoms with Crippen LogP contribution in [0.5, 0.6) is 0 Å². The van der Waals surface area contributed by atoms with Crippen molar-refractivity contribution >= 4 is 5.91 Å². The van der Waals surface area contributed by atoms with Crippen LogP contribution in [0.3, 0.4) is 0 Å². The van der Waals surface area contributed by atoms with Crippen LogP contribution in [-0.2, 0) is 4.79 Å². The Labute approximate surface area is 100 Å². The Morgan fingerprint density at radius 1 is 1.19 bits per heavy atom. The zero-order valence-corrected chi connectivity index (χ0v) is 11.3. The van der Waals surface area contributed by atoms with Crippen molar-refractivity contribution in [3.8, 4) is 0 Å². The van der Waals surface area contributed by atoms with Crippen LogP contribution in [0.1, 0.15) is 53.4 Å². The van der Waals surface area contributed by atoms with Gasteiger partial charge in [-0.2, -0.15) is 0 Å². The molecular weight excluding hydrogens is 200 g/mol. The van der Waals surface area contributed by atoms with Crippen molar-refractivity contribution < 1.29 is 4.79 Å². The number of hydrogen-bond donors (Lipinski definition) is 1. The standard InChI is InChI=1S/C13H28N2O/c1-5-9-12(14)13(16)15(8-4)10-11(6-2)7-3/h11-12H,5-10,14H2,1-4H3/t12-/m0/s1. The van der Waals surface area contributed by atoms with Crippen LogP contribution < -0.4 is 5.73 Å². The highest BCUT2D eigenvalue weighted by atomic mass is 16.2. The molecule has 0 fully saturated rings. The summed E-state index contributed by atoms with van der Waals surface area (Å²) in [4.78, 5) is 13.9. The molecule has 3 nitrogen and oxygen atoms in total. The molecule has 0 saturated heterocycles. The van der Waals surface area contributed by atoms with Crippen LogP contribution in [0.15, 0.2) is 0 Å². The van der Waals surface area contributed by atoms with Gasteiger partial charge in [-0.25, -0.2) is 0 Å². The van der Waals surface area contributed by atoms with Crippen molar-refractivity contribution in [1.29, 1.82) is 0 Å². The van der Waals surface area contributed by atoms with Gasteiger partial charge in [0.25, 0.3) is 0 Å². The fraction of sp³-hybridized carbons (Fsp3) is 0.923. The van der Waals surface area contributed by atoms with Gasteiger partial charge in [0.2, 0.25) is 5.91 Å². The summed E-state index contributed by atoms with van der Waals surface area (Å²) in [5.74, 6) is 0.731. The molecule has 0 aromatic heterocycles. The third-order valence-corrected chi connectivity index (χ3v) is 3.24. The predicted molar refractivity (Wildman–Crippen MR) is 69.2 cm³/mol. The average Bonchev–Trinajstić information content (AvgIpc) is 2.30. The highest BCUT2D eigenvalue weighted by Crippen LogP contribution is 2.11. The van der Waals surface area contributed by atoms with E-state index in [0.717, 1.165) is 38.8 Å². The first-order chi connectivity index (χ1) is 7.60. The molecule has 0 bridgehead atoms. The number of hydrogen-bond acceptors (Lipinski definition) is 2. The summed E-state index contributed by atoms with van der Waals surface area (Å²) in [5.41, 5.74) is 5.87. The van der Waals surface area contributed by atoms with Gasteiger partial charge in [-0.05, 0) is 19.3 Å². The summed E-state index contributed by atoms with van der Waals surface area (Å²) < 4.78 is 0. The molecule has 0 aromatic rings. The molecule has 0 rings (SSSR count). The van der Waals surface area contributed by atoms with Gasteiger partial charge in [0.15, 0.2) is 0 Å². The zero-order valence-electron chi connectivity index (χ0n) is 11.3. The molecule has 0 aliphatic heterocycles. The molecule has 0 heterocycles. The third-order valence-electron chi connectivity index (χ3n) is 3.24. The third kappa shape index (κ3) is 4.97. The van der Waals surface area contributed by atoms with E-state index in [0.29, 0.717) is 5.92 Å². The largest absolute Gasteiger partial charge is 0.341 e. The highest BCUT2D eigenvalue weighted by Gasteiger charge is 2.20. The van der Waals surface area contributed by atoms with Crippen molar-refractivity contribution in [3.63, 3.8) is 0 Å². The SMILES string of the molecule is CCC[C@H](N)C(=O)N(CC)CC(CC)CC. The summed E-state index contributed by atoms with van der Waals surface area (Å²) in [6, 6.07) is -0.306. The number of likely N-dealkylation sites (N-methyl/N-ethyl adjacent to an activating group) is 1. The van der Waals surface area contributed by atoms with Gasteiger partial charge in [-0.1, -0.05) is 40.0 Å². The fourth-order valence-electron chi connectivity index (χ4n) is 1.90. The van der Waals surface area contributed by atoms with Gasteiger partial charge in [-0.3, -0.25) is 4.79 Å². The molecule has 0 aliphatic rings. The van der Waals surface area contributed by atoms with Gasteiger partial charge in [0.05, 0.1) is 6.04 Å². The Morgan fingerprint density at radius 3 is 2.12 bits per heavy atom. The van der Waals surface area contributed by atoms with Crippen molar-refractivity contribution in [2.45, 2.75) is 59.4 Å². The Bertz CT molecular complexity index is 190. The van der Waals surface area contributed by atoms with Crippen LogP contribution in [-0.4, -0.2) is 29.9 Å². The summed E-state index contributed by atoms with van der Waals surface area (Å²) in [6.07, 6.45) is 4.01. The average molecular weight is 228 g/mol. The van der Waals surface area contributed by atoms with E-state index in [-0.39, 0.29) is 11.9 Å². The van der Waals surface area contributed by atoms with Crippen molar-refractivity contribution in [1.82, 2.24) is 4.90 Å². The number of carbonyl (C=O) groups excluding carboxylic acids is 1. The van der Waals surface area contributed by atoms with E-state index in [1.807, 2.05) is 11.8 Å². The second-order valence-electron chi connectivity index (χ2n) is 4.45. The predicted octanol–water partition coefficient (Wildman–Crippen LogP) is 2.40. The number of rotatable bonds is 8. The minimum atomic E-state index is -0.306. The molecule has 3 heteroatoms. The summed E-state index contributed by atoms with van der Waals surface area (Å²) in [7, 11) is 0. The summed E-state index contributed by atoms with van der Waals surface area (Å²) in [5, 5.41) is 0. The van der Waals surface area contributed by atoms with Gasteiger partial charge >= 0.3 is 0 Å². The van der Waals surface area contributed by atoms with E-state index in [1.165, 1.54) is 0 Å². The quantitative estimate of drug-likeness (QED) is 0.693. The van der Waals surface area contributed by atoms with E-state index >= 15 is 0 Å². The lowest BCUT2D eigenvalue weighted by atomic mass is 10.0. The van der Waals surface area contributed by atoms with Crippen LogP contribution in [0, 0.1) is 5.92 Å². The summed E-state index contributed by atoms with van der Waals surface area (Å²) in [6.45, 7) is 10.1. The number of carbonyl (C=O) groups is 1. The van der Waals surface area contributed by atoms with Crippen LogP contribution in [0.4, 0.5) is 0 Å². The second-order valence-corrected chi connectivity index (χ2v) is 4.45. The number of nitrogens with zero attached hydrogens (tertiary/aromatic N) is 1. The normalized spacial score (nSPS) is 12.9. The minimum Gasteiger partial charge on any atom is -0.341 e. The Morgan fingerprint density at radius 2 is 1.75 bits per heavy atom. The first-order valence-corrected chi connectivity index (χ1v) is 6.64. The molecule has 16 heavy (non-hydrogen) atoms. The lowest BCUT2D eigenvalue weighted by Crippen LogP contribution is -2.45. The molecule has 0 radical (unpaired) electrons. The van der Waals surface area contributed by atoms with Crippen molar-refractivity contribution in [2.24, 2.45) is 11.7 Å². The van der Waals surface area contributed by atoms with Gasteiger partial charge in [-0.15, -0.1) is 0 Å². The monoisotopic (exact) mass is 228 g/mol. The fourth-order valence-corrected chi connectivity index (χ4v) is 1.90. The Kier molecular flexibility index (Phi) is 8.26. The second kappa shape index (κ2) is 8.57. The van der Waals surface area contributed by atoms with E-state index < -0.39 is 0 Å². The molecule has 2 N–H and O–H groups in total. The lowest BCUT2D eigenvalue weighted by molar-refractivity contribution is -0.133. The van der Waals surface area contributed by atoms with Crippen molar-refractivity contribution in [3.05, 3.63) is 0 Å². The Balaban J connectivity index is 4.30. The molecule has 0 saturated carbocycles. The van der Waals surface area contributed by atoms with Crippen LogP contribution in [0.25, 0.3) is 0 Å². The molecule has 0 unspecified atom stereocenters. The molecule has 0 aliphatic carbocycles. The molecule has 96 valence electrons. The first-order valence-electron chi connectivity index (χ1n) is 6.64. The topological polar surface area (TPSA) is 46.3 Å². The van der Waals surface area contributed by atoms with Gasteiger partial charge in [0.1, 0.15) is 0 Å². The van der Waals surface area contributed by atoms with E-state index in [4.69, 9.17) is 5.73 Å². The number of nitrogens with two attached hydrogens (primary N) is 1. The smallest absolute Gasteiger partial charge is 0.239 e. The molecule has 1 amide bonds. The number of amides is 1. The van der Waals surface area contributed by atoms with E-state index in [9.17, 15) is 4.79 Å². The molecule has 1 atom stereocenters. The maximum atomic E-state index is 12.0. The Hall–Kier alpha value is -0.570. The first kappa shape index (κ1) is 15.4. The van der Waals surface area contributed by atoms with Crippen LogP contribution in [0.2, 0.25) is 0 Å². The maximum absolute atomic E-state index is 12.0. The molecular formula is C13H28N2O. The summed E-state index contributed by atoms with van der Waals surface area (Å²) >= 11 is 0. The maximum Gasteiger partial charge on any atom is 0.239 e. The van der Waals surface area contributed by atoms with E-state index in [1.54, 1.807) is 0 Å². The molecule has 0 aromatic carbocycles. The van der Waals surface area contributed by atoms with E-state index in [2.05, 4.69) is 20.8 Å². The highest BCUT2D eigenvalue weighted by molar-refractivity contribution is 5.81.